The molecule has 0 heteroatoms. The van der Waals surface area contributed by atoms with Crippen molar-refractivity contribution in [2.24, 2.45) is 0 Å². The zero-order valence-electron chi connectivity index (χ0n) is 8.42. The lowest BCUT2D eigenvalue weighted by atomic mass is 10.0. The highest BCUT2D eigenvalue weighted by atomic mass is 14.0. The Labute approximate surface area is 81.3 Å². The maximum Gasteiger partial charge on any atom is -0.0242 e. The number of allylic oxidation sites excluding steroid dienone is 1. The van der Waals surface area contributed by atoms with Crippen LogP contribution in [0.25, 0.3) is 0 Å². The first-order valence-electron chi connectivity index (χ1n) is 5.03. The molecule has 0 radical (unpaired) electrons. The molecule has 0 spiro atoms. The molecule has 0 aliphatic heterocycles. The fourth-order valence-electron chi connectivity index (χ4n) is 1.44. The lowest BCUT2D eigenvalue weighted by Gasteiger charge is -2.03. The van der Waals surface area contributed by atoms with Crippen molar-refractivity contribution in [3.8, 4) is 0 Å². The van der Waals surface area contributed by atoms with Crippen molar-refractivity contribution in [2.75, 3.05) is 0 Å². The molecule has 0 fully saturated rings. The van der Waals surface area contributed by atoms with Gasteiger partial charge in [0.15, 0.2) is 0 Å². The van der Waals surface area contributed by atoms with Crippen molar-refractivity contribution in [3.63, 3.8) is 0 Å². The average molecular weight is 174 g/mol. The fourth-order valence-corrected chi connectivity index (χ4v) is 1.44. The highest BCUT2D eigenvalue weighted by molar-refractivity contribution is 5.16. The first-order chi connectivity index (χ1) is 6.33. The lowest BCUT2D eigenvalue weighted by Crippen LogP contribution is -1.87. The van der Waals surface area contributed by atoms with Gasteiger partial charge in [0, 0.05) is 0 Å². The van der Waals surface area contributed by atoms with Gasteiger partial charge in [0.2, 0.25) is 0 Å². The van der Waals surface area contributed by atoms with Gasteiger partial charge in [0.25, 0.3) is 0 Å². The normalized spacial score (nSPS) is 9.92. The molecule has 0 amide bonds. The van der Waals surface area contributed by atoms with E-state index in [0.717, 1.165) is 12.8 Å². The SMILES string of the molecule is C=C(CCC)CCc1ccccc1. The second-order valence-corrected chi connectivity index (χ2v) is 3.49. The maximum atomic E-state index is 4.06. The van der Waals surface area contributed by atoms with Crippen molar-refractivity contribution < 1.29 is 0 Å². The molecule has 0 nitrogen and oxygen atoms in total. The van der Waals surface area contributed by atoms with Crippen molar-refractivity contribution in [3.05, 3.63) is 48.0 Å². The van der Waals surface area contributed by atoms with Crippen molar-refractivity contribution in [2.45, 2.75) is 32.6 Å². The van der Waals surface area contributed by atoms with Gasteiger partial charge in [-0.05, 0) is 24.8 Å². The molecule has 1 aromatic carbocycles. The van der Waals surface area contributed by atoms with Gasteiger partial charge < -0.3 is 0 Å². The van der Waals surface area contributed by atoms with Gasteiger partial charge >= 0.3 is 0 Å². The standard InChI is InChI=1S/C13H18/c1-3-7-12(2)10-11-13-8-5-4-6-9-13/h4-6,8-9H,2-3,7,10-11H2,1H3. The predicted molar refractivity (Wildman–Crippen MR) is 58.8 cm³/mol. The van der Waals surface area contributed by atoms with Gasteiger partial charge in [-0.1, -0.05) is 55.8 Å². The van der Waals surface area contributed by atoms with Gasteiger partial charge in [0.05, 0.1) is 0 Å². The molecule has 1 rings (SSSR count). The van der Waals surface area contributed by atoms with Crippen LogP contribution in [0.2, 0.25) is 0 Å². The summed E-state index contributed by atoms with van der Waals surface area (Å²) < 4.78 is 0. The largest absolute Gasteiger partial charge is 0.0999 e. The maximum absolute atomic E-state index is 4.06. The fraction of sp³-hybridized carbons (Fsp3) is 0.385. The summed E-state index contributed by atoms with van der Waals surface area (Å²) in [5, 5.41) is 0. The molecule has 0 unspecified atom stereocenters. The summed E-state index contributed by atoms with van der Waals surface area (Å²) in [6.07, 6.45) is 4.66. The third-order valence-electron chi connectivity index (χ3n) is 2.21. The Morgan fingerprint density at radius 3 is 2.46 bits per heavy atom. The van der Waals surface area contributed by atoms with Crippen LogP contribution in [0.15, 0.2) is 42.5 Å². The topological polar surface area (TPSA) is 0 Å². The molecule has 0 atom stereocenters. The number of hydrogen-bond donors (Lipinski definition) is 0. The molecular weight excluding hydrogens is 156 g/mol. The molecule has 13 heavy (non-hydrogen) atoms. The van der Waals surface area contributed by atoms with Crippen LogP contribution in [0.5, 0.6) is 0 Å². The Bertz CT molecular complexity index is 246. The van der Waals surface area contributed by atoms with Crippen LogP contribution in [0.1, 0.15) is 31.7 Å². The Morgan fingerprint density at radius 2 is 1.85 bits per heavy atom. The molecule has 0 aliphatic carbocycles. The monoisotopic (exact) mass is 174 g/mol. The predicted octanol–water partition coefficient (Wildman–Crippen LogP) is 3.98. The number of rotatable bonds is 5. The number of hydrogen-bond acceptors (Lipinski definition) is 0. The van der Waals surface area contributed by atoms with E-state index >= 15 is 0 Å². The van der Waals surface area contributed by atoms with E-state index in [2.05, 4.69) is 43.8 Å². The zero-order valence-corrected chi connectivity index (χ0v) is 8.42. The molecule has 0 N–H and O–H groups in total. The number of aryl methyl sites for hydroxylation is 1. The second kappa shape index (κ2) is 5.58. The first kappa shape index (κ1) is 10.0. The molecule has 0 saturated carbocycles. The lowest BCUT2D eigenvalue weighted by molar-refractivity contribution is 0.822. The van der Waals surface area contributed by atoms with Gasteiger partial charge in [-0.2, -0.15) is 0 Å². The molecule has 0 heterocycles. The minimum atomic E-state index is 1.14. The Balaban J connectivity index is 2.31. The molecule has 0 aliphatic rings. The van der Waals surface area contributed by atoms with Gasteiger partial charge in [-0.15, -0.1) is 0 Å². The van der Waals surface area contributed by atoms with Crippen LogP contribution in [-0.2, 0) is 6.42 Å². The van der Waals surface area contributed by atoms with Crippen molar-refractivity contribution in [1.29, 1.82) is 0 Å². The van der Waals surface area contributed by atoms with Gasteiger partial charge in [-0.3, -0.25) is 0 Å². The summed E-state index contributed by atoms with van der Waals surface area (Å²) in [4.78, 5) is 0. The quantitative estimate of drug-likeness (QED) is 0.592. The van der Waals surface area contributed by atoms with E-state index in [-0.39, 0.29) is 0 Å². The van der Waals surface area contributed by atoms with Gasteiger partial charge in [0.1, 0.15) is 0 Å². The van der Waals surface area contributed by atoms with Crippen LogP contribution in [0.4, 0.5) is 0 Å². The first-order valence-corrected chi connectivity index (χ1v) is 5.03. The van der Waals surface area contributed by atoms with Crippen LogP contribution in [0.3, 0.4) is 0 Å². The van der Waals surface area contributed by atoms with E-state index in [1.165, 1.54) is 24.0 Å². The van der Waals surface area contributed by atoms with Crippen LogP contribution < -0.4 is 0 Å². The summed E-state index contributed by atoms with van der Waals surface area (Å²) in [6.45, 7) is 6.26. The van der Waals surface area contributed by atoms with Crippen LogP contribution in [0, 0.1) is 0 Å². The molecule has 0 saturated heterocycles. The summed E-state index contributed by atoms with van der Waals surface area (Å²) in [7, 11) is 0. The van der Waals surface area contributed by atoms with E-state index in [9.17, 15) is 0 Å². The summed E-state index contributed by atoms with van der Waals surface area (Å²) in [5.74, 6) is 0. The minimum Gasteiger partial charge on any atom is -0.0999 e. The second-order valence-electron chi connectivity index (χ2n) is 3.49. The summed E-state index contributed by atoms with van der Waals surface area (Å²) >= 11 is 0. The third-order valence-corrected chi connectivity index (χ3v) is 2.21. The minimum absolute atomic E-state index is 1.14. The highest BCUT2D eigenvalue weighted by Crippen LogP contribution is 2.11. The van der Waals surface area contributed by atoms with Crippen LogP contribution in [-0.4, -0.2) is 0 Å². The van der Waals surface area contributed by atoms with Crippen molar-refractivity contribution >= 4 is 0 Å². The van der Waals surface area contributed by atoms with E-state index in [4.69, 9.17) is 0 Å². The zero-order chi connectivity index (χ0) is 9.52. The Kier molecular flexibility index (Phi) is 4.31. The van der Waals surface area contributed by atoms with E-state index in [0.29, 0.717) is 0 Å². The summed E-state index contributed by atoms with van der Waals surface area (Å²) in [6, 6.07) is 10.6. The average Bonchev–Trinajstić information content (AvgIpc) is 2.17. The Morgan fingerprint density at radius 1 is 1.15 bits per heavy atom. The highest BCUT2D eigenvalue weighted by Gasteiger charge is 1.94. The van der Waals surface area contributed by atoms with Gasteiger partial charge in [-0.25, -0.2) is 0 Å². The number of benzene rings is 1. The molecular formula is C13H18. The third kappa shape index (κ3) is 3.93. The van der Waals surface area contributed by atoms with E-state index < -0.39 is 0 Å². The van der Waals surface area contributed by atoms with Crippen LogP contribution >= 0.6 is 0 Å². The molecule has 1 aromatic rings. The molecule has 70 valence electrons. The smallest absolute Gasteiger partial charge is 0.0242 e. The van der Waals surface area contributed by atoms with E-state index in [1.54, 1.807) is 0 Å². The molecule has 0 bridgehead atoms. The van der Waals surface area contributed by atoms with E-state index in [1.807, 2.05) is 0 Å². The summed E-state index contributed by atoms with van der Waals surface area (Å²) in [5.41, 5.74) is 2.80. The van der Waals surface area contributed by atoms with Crippen molar-refractivity contribution in [1.82, 2.24) is 0 Å². The Hall–Kier alpha value is -1.04. The molecule has 0 aromatic heterocycles.